The van der Waals surface area contributed by atoms with Crippen molar-refractivity contribution < 1.29 is 0 Å². The minimum atomic E-state index is -0.778. The van der Waals surface area contributed by atoms with Gasteiger partial charge in [0, 0.05) is 52.4 Å². The molecule has 0 radical (unpaired) electrons. The number of anilines is 2. The zero-order chi connectivity index (χ0) is 27.9. The Balaban J connectivity index is 1.36. The van der Waals surface area contributed by atoms with Crippen molar-refractivity contribution in [1.29, 1.82) is 21.0 Å². The standard InChI is InChI=1S/C32H30N8/c33-21-27-5-1-3-7-30(27)37-13-17-39(18-14-37)32(26-11-9-25(10-12-26)29(23-35)24-36)40-19-15-38(16-20-40)31-8-4-2-6-28(31)22-34/h1-12,29,32H,13-20H2. The van der Waals surface area contributed by atoms with Crippen LogP contribution in [-0.2, 0) is 0 Å². The fourth-order valence-corrected chi connectivity index (χ4v) is 5.79. The molecule has 8 nitrogen and oxygen atoms in total. The number of hydrogen-bond acceptors (Lipinski definition) is 8. The maximum absolute atomic E-state index is 9.59. The van der Waals surface area contributed by atoms with Crippen molar-refractivity contribution in [1.82, 2.24) is 9.80 Å². The van der Waals surface area contributed by atoms with E-state index in [4.69, 9.17) is 0 Å². The van der Waals surface area contributed by atoms with Crippen molar-refractivity contribution in [2.75, 3.05) is 62.2 Å². The summed E-state index contributed by atoms with van der Waals surface area (Å²) >= 11 is 0. The first-order valence-corrected chi connectivity index (χ1v) is 13.5. The van der Waals surface area contributed by atoms with Gasteiger partial charge in [0.15, 0.2) is 5.92 Å². The number of para-hydroxylation sites is 2. The van der Waals surface area contributed by atoms with E-state index >= 15 is 0 Å². The van der Waals surface area contributed by atoms with Gasteiger partial charge in [0.1, 0.15) is 12.1 Å². The molecule has 0 N–H and O–H groups in total. The Bertz CT molecular complexity index is 1400. The lowest BCUT2D eigenvalue weighted by atomic mass is 9.99. The Kier molecular flexibility index (Phi) is 8.24. The van der Waals surface area contributed by atoms with Gasteiger partial charge in [-0.3, -0.25) is 9.80 Å². The summed E-state index contributed by atoms with van der Waals surface area (Å²) in [5, 5.41) is 37.9. The molecule has 0 aromatic heterocycles. The summed E-state index contributed by atoms with van der Waals surface area (Å²) in [5.74, 6) is -0.778. The largest absolute Gasteiger partial charge is 0.368 e. The summed E-state index contributed by atoms with van der Waals surface area (Å²) in [6, 6.07) is 32.2. The lowest BCUT2D eigenvalue weighted by molar-refractivity contribution is 0.0323. The van der Waals surface area contributed by atoms with Crippen LogP contribution in [0.25, 0.3) is 0 Å². The van der Waals surface area contributed by atoms with Crippen LogP contribution in [0.5, 0.6) is 0 Å². The van der Waals surface area contributed by atoms with E-state index in [2.05, 4.69) is 56.0 Å². The molecule has 2 saturated heterocycles. The quantitative estimate of drug-likeness (QED) is 0.470. The number of piperazine rings is 2. The lowest BCUT2D eigenvalue weighted by Gasteiger charge is -2.47. The maximum Gasteiger partial charge on any atom is 0.158 e. The highest BCUT2D eigenvalue weighted by molar-refractivity contribution is 5.60. The van der Waals surface area contributed by atoms with Crippen LogP contribution in [0.2, 0.25) is 0 Å². The van der Waals surface area contributed by atoms with E-state index < -0.39 is 5.92 Å². The van der Waals surface area contributed by atoms with Crippen LogP contribution >= 0.6 is 0 Å². The molecule has 3 aromatic rings. The highest BCUT2D eigenvalue weighted by Crippen LogP contribution is 2.31. The van der Waals surface area contributed by atoms with E-state index in [0.29, 0.717) is 16.7 Å². The molecule has 0 saturated carbocycles. The van der Waals surface area contributed by atoms with Gasteiger partial charge in [-0.15, -0.1) is 0 Å². The van der Waals surface area contributed by atoms with Gasteiger partial charge in [-0.1, -0.05) is 48.5 Å². The summed E-state index contributed by atoms with van der Waals surface area (Å²) in [6.45, 7) is 6.60. The van der Waals surface area contributed by atoms with Crippen LogP contribution in [0.4, 0.5) is 11.4 Å². The van der Waals surface area contributed by atoms with Crippen molar-refractivity contribution in [2.45, 2.75) is 12.1 Å². The first-order chi connectivity index (χ1) is 19.7. The summed E-state index contributed by atoms with van der Waals surface area (Å²) < 4.78 is 0. The van der Waals surface area contributed by atoms with Crippen molar-refractivity contribution >= 4 is 11.4 Å². The van der Waals surface area contributed by atoms with Gasteiger partial charge in [-0.2, -0.15) is 21.0 Å². The van der Waals surface area contributed by atoms with E-state index in [0.717, 1.165) is 69.3 Å². The first kappa shape index (κ1) is 26.7. The summed E-state index contributed by atoms with van der Waals surface area (Å²) in [4.78, 5) is 9.56. The maximum atomic E-state index is 9.59. The van der Waals surface area contributed by atoms with Crippen molar-refractivity contribution in [3.8, 4) is 24.3 Å². The topological polar surface area (TPSA) is 108 Å². The molecule has 198 valence electrons. The van der Waals surface area contributed by atoms with Gasteiger partial charge in [-0.25, -0.2) is 0 Å². The average molecular weight is 527 g/mol. The highest BCUT2D eigenvalue weighted by Gasteiger charge is 2.33. The molecular formula is C32H30N8. The second-order valence-corrected chi connectivity index (χ2v) is 10.0. The van der Waals surface area contributed by atoms with Gasteiger partial charge < -0.3 is 9.80 Å². The van der Waals surface area contributed by atoms with Crippen molar-refractivity contribution in [3.63, 3.8) is 0 Å². The number of benzene rings is 3. The number of nitrogens with zero attached hydrogens (tertiary/aromatic N) is 8. The molecular weight excluding hydrogens is 496 g/mol. The van der Waals surface area contributed by atoms with Gasteiger partial charge >= 0.3 is 0 Å². The molecule has 2 aliphatic rings. The molecule has 0 aliphatic carbocycles. The monoisotopic (exact) mass is 526 g/mol. The van der Waals surface area contributed by atoms with Crippen molar-refractivity contribution in [3.05, 3.63) is 95.1 Å². The molecule has 2 aliphatic heterocycles. The molecule has 2 fully saturated rings. The van der Waals surface area contributed by atoms with Crippen LogP contribution in [0, 0.1) is 45.3 Å². The van der Waals surface area contributed by atoms with E-state index in [1.54, 1.807) is 0 Å². The van der Waals surface area contributed by atoms with E-state index in [1.807, 2.05) is 60.7 Å². The normalized spacial score (nSPS) is 16.2. The number of rotatable bonds is 6. The van der Waals surface area contributed by atoms with Gasteiger partial charge in [0.05, 0.1) is 40.8 Å². The third-order valence-corrected chi connectivity index (χ3v) is 7.88. The predicted molar refractivity (Wildman–Crippen MR) is 153 cm³/mol. The summed E-state index contributed by atoms with van der Waals surface area (Å²) in [6.07, 6.45) is 0.0402. The highest BCUT2D eigenvalue weighted by atomic mass is 15.4. The predicted octanol–water partition coefficient (Wildman–Crippen LogP) is 4.20. The minimum Gasteiger partial charge on any atom is -0.368 e. The molecule has 8 heteroatoms. The van der Waals surface area contributed by atoms with Crippen LogP contribution < -0.4 is 9.80 Å². The zero-order valence-electron chi connectivity index (χ0n) is 22.3. The summed E-state index contributed by atoms with van der Waals surface area (Å²) in [5.41, 5.74) is 5.20. The third kappa shape index (κ3) is 5.47. The first-order valence-electron chi connectivity index (χ1n) is 13.5. The van der Waals surface area contributed by atoms with Crippen LogP contribution in [0.3, 0.4) is 0 Å². The molecule has 3 aromatic carbocycles. The van der Waals surface area contributed by atoms with E-state index in [1.165, 1.54) is 0 Å². The second kappa shape index (κ2) is 12.3. The van der Waals surface area contributed by atoms with Crippen LogP contribution in [0.15, 0.2) is 72.8 Å². The lowest BCUT2D eigenvalue weighted by Crippen LogP contribution is -2.56. The fourth-order valence-electron chi connectivity index (χ4n) is 5.79. The molecule has 5 rings (SSSR count). The Hall–Kier alpha value is -4.86. The Morgan fingerprint density at radius 2 is 0.900 bits per heavy atom. The van der Waals surface area contributed by atoms with Gasteiger partial charge in [-0.05, 0) is 35.4 Å². The molecule has 0 spiro atoms. The van der Waals surface area contributed by atoms with Gasteiger partial charge in [0.2, 0.25) is 0 Å². The molecule has 40 heavy (non-hydrogen) atoms. The molecule has 0 atom stereocenters. The fraction of sp³-hybridized carbons (Fsp3) is 0.312. The third-order valence-electron chi connectivity index (χ3n) is 7.88. The SMILES string of the molecule is N#Cc1ccccc1N1CCN(C(c2ccc(C(C#N)C#N)cc2)N2CCN(c3ccccc3C#N)CC2)CC1. The van der Waals surface area contributed by atoms with E-state index in [9.17, 15) is 21.0 Å². The smallest absolute Gasteiger partial charge is 0.158 e. The van der Waals surface area contributed by atoms with E-state index in [-0.39, 0.29) is 6.17 Å². The van der Waals surface area contributed by atoms with Crippen LogP contribution in [-0.4, -0.2) is 62.2 Å². The zero-order valence-corrected chi connectivity index (χ0v) is 22.3. The Morgan fingerprint density at radius 3 is 1.30 bits per heavy atom. The van der Waals surface area contributed by atoms with Crippen molar-refractivity contribution in [2.24, 2.45) is 0 Å². The number of nitriles is 4. The molecule has 0 unspecified atom stereocenters. The molecule has 0 amide bonds. The number of hydrogen-bond donors (Lipinski definition) is 0. The Morgan fingerprint density at radius 1 is 0.500 bits per heavy atom. The molecule has 2 heterocycles. The average Bonchev–Trinajstić information content (AvgIpc) is 3.03. The van der Waals surface area contributed by atoms with Crippen LogP contribution in [0.1, 0.15) is 34.3 Å². The summed E-state index contributed by atoms with van der Waals surface area (Å²) in [7, 11) is 0. The minimum absolute atomic E-state index is 0.0402. The molecule has 0 bridgehead atoms. The van der Waals surface area contributed by atoms with Gasteiger partial charge in [0.25, 0.3) is 0 Å². The Labute approximate surface area is 235 Å². The second-order valence-electron chi connectivity index (χ2n) is 10.0.